The number of carbonyl (C=O) groups is 1. The van der Waals surface area contributed by atoms with Crippen LogP contribution < -0.4 is 5.32 Å². The third-order valence-electron chi connectivity index (χ3n) is 2.26. The molecule has 2 aromatic carbocycles. The quantitative estimate of drug-likeness (QED) is 0.864. The molecule has 0 aliphatic carbocycles. The molecule has 0 saturated carbocycles. The molecule has 0 fully saturated rings. The minimum absolute atomic E-state index is 0.0856. The lowest BCUT2D eigenvalue weighted by molar-refractivity contribution is 0.102. The van der Waals surface area contributed by atoms with Crippen molar-refractivity contribution in [2.45, 2.75) is 0 Å². The number of carbonyl (C=O) groups excluding carboxylic acids is 1. The summed E-state index contributed by atoms with van der Waals surface area (Å²) in [5.41, 5.74) is 0.868. The highest BCUT2D eigenvalue weighted by atomic mass is 79.9. The Balaban J connectivity index is 2.22. The third-order valence-corrected chi connectivity index (χ3v) is 3.06. The van der Waals surface area contributed by atoms with Crippen LogP contribution in [0.3, 0.4) is 0 Å². The lowest BCUT2D eigenvalue weighted by Crippen LogP contribution is -2.12. The van der Waals surface area contributed by atoms with Crippen LogP contribution in [-0.2, 0) is 0 Å². The number of rotatable bonds is 2. The maximum absolute atomic E-state index is 12.9. The molecule has 18 heavy (non-hydrogen) atoms. The van der Waals surface area contributed by atoms with Crippen LogP contribution in [0.1, 0.15) is 10.4 Å². The summed E-state index contributed by atoms with van der Waals surface area (Å²) in [5, 5.41) is 2.77. The smallest absolute Gasteiger partial charge is 0.257 e. The highest BCUT2D eigenvalue weighted by molar-refractivity contribution is 9.10. The van der Waals surface area contributed by atoms with Crippen LogP contribution in [0.25, 0.3) is 0 Å². The lowest BCUT2D eigenvalue weighted by Gasteiger charge is -2.07. The normalized spacial score (nSPS) is 10.2. The van der Waals surface area contributed by atoms with E-state index in [9.17, 15) is 9.18 Å². The van der Waals surface area contributed by atoms with Gasteiger partial charge in [0.25, 0.3) is 5.91 Å². The molecule has 0 radical (unpaired) electrons. The van der Waals surface area contributed by atoms with E-state index >= 15 is 0 Å². The van der Waals surface area contributed by atoms with Crippen LogP contribution in [0.2, 0.25) is 5.02 Å². The van der Waals surface area contributed by atoms with Crippen molar-refractivity contribution in [3.8, 4) is 0 Å². The summed E-state index contributed by atoms with van der Waals surface area (Å²) in [6.07, 6.45) is 0. The molecule has 2 rings (SSSR count). The zero-order chi connectivity index (χ0) is 13.1. The van der Waals surface area contributed by atoms with Gasteiger partial charge in [0, 0.05) is 10.2 Å². The average molecular weight is 329 g/mol. The zero-order valence-electron chi connectivity index (χ0n) is 9.08. The van der Waals surface area contributed by atoms with E-state index in [1.54, 1.807) is 18.2 Å². The van der Waals surface area contributed by atoms with Crippen molar-refractivity contribution in [2.24, 2.45) is 0 Å². The van der Waals surface area contributed by atoms with E-state index in [0.29, 0.717) is 5.69 Å². The van der Waals surface area contributed by atoms with E-state index in [2.05, 4.69) is 21.2 Å². The van der Waals surface area contributed by atoms with Crippen LogP contribution in [0, 0.1) is 5.82 Å². The molecule has 0 atom stereocenters. The van der Waals surface area contributed by atoms with Gasteiger partial charge in [0.2, 0.25) is 0 Å². The summed E-state index contributed by atoms with van der Waals surface area (Å²) in [5.74, 6) is -0.850. The fourth-order valence-electron chi connectivity index (χ4n) is 1.44. The van der Waals surface area contributed by atoms with Gasteiger partial charge in [-0.2, -0.15) is 0 Å². The van der Waals surface area contributed by atoms with Crippen molar-refractivity contribution in [3.05, 3.63) is 63.3 Å². The van der Waals surface area contributed by atoms with Crippen LogP contribution >= 0.6 is 27.5 Å². The van der Waals surface area contributed by atoms with Crippen molar-refractivity contribution < 1.29 is 9.18 Å². The first-order valence-electron chi connectivity index (χ1n) is 5.08. The number of halogens is 3. The van der Waals surface area contributed by atoms with E-state index in [1.807, 2.05) is 6.07 Å². The zero-order valence-corrected chi connectivity index (χ0v) is 11.4. The van der Waals surface area contributed by atoms with Gasteiger partial charge < -0.3 is 5.32 Å². The topological polar surface area (TPSA) is 29.1 Å². The van der Waals surface area contributed by atoms with Gasteiger partial charge in [-0.25, -0.2) is 4.39 Å². The van der Waals surface area contributed by atoms with Crippen molar-refractivity contribution in [3.63, 3.8) is 0 Å². The molecule has 5 heteroatoms. The Morgan fingerprint density at radius 3 is 2.67 bits per heavy atom. The van der Waals surface area contributed by atoms with Crippen LogP contribution in [0.4, 0.5) is 10.1 Å². The molecular weight excluding hydrogens is 321 g/mol. The van der Waals surface area contributed by atoms with Crippen molar-refractivity contribution >= 4 is 39.1 Å². The van der Waals surface area contributed by atoms with Gasteiger partial charge in [-0.3, -0.25) is 4.79 Å². The first kappa shape index (κ1) is 13.1. The van der Waals surface area contributed by atoms with Gasteiger partial charge in [0.15, 0.2) is 0 Å². The predicted octanol–water partition coefficient (Wildman–Crippen LogP) is 4.49. The predicted molar refractivity (Wildman–Crippen MR) is 73.5 cm³/mol. The largest absolute Gasteiger partial charge is 0.322 e. The third kappa shape index (κ3) is 3.09. The monoisotopic (exact) mass is 327 g/mol. The molecular formula is C13H8BrClFNO. The number of hydrogen-bond donors (Lipinski definition) is 1. The molecule has 92 valence electrons. The summed E-state index contributed by atoms with van der Waals surface area (Å²) in [6.45, 7) is 0. The van der Waals surface area contributed by atoms with E-state index in [4.69, 9.17) is 11.6 Å². The molecule has 2 nitrogen and oxygen atoms in total. The molecule has 0 spiro atoms. The minimum atomic E-state index is -0.473. The lowest BCUT2D eigenvalue weighted by atomic mass is 10.2. The van der Waals surface area contributed by atoms with Crippen LogP contribution in [0.5, 0.6) is 0 Å². The highest BCUT2D eigenvalue weighted by Gasteiger charge is 2.11. The van der Waals surface area contributed by atoms with Crippen LogP contribution in [0.15, 0.2) is 46.9 Å². The molecule has 0 aliphatic rings. The summed E-state index contributed by atoms with van der Waals surface area (Å²) in [7, 11) is 0. The Hall–Kier alpha value is -1.39. The van der Waals surface area contributed by atoms with E-state index in [0.717, 1.165) is 10.5 Å². The summed E-state index contributed by atoms with van der Waals surface area (Å²) in [4.78, 5) is 11.9. The van der Waals surface area contributed by atoms with Crippen molar-refractivity contribution in [2.75, 3.05) is 5.32 Å². The van der Waals surface area contributed by atoms with Crippen LogP contribution in [-0.4, -0.2) is 5.91 Å². The van der Waals surface area contributed by atoms with Gasteiger partial charge in [0.1, 0.15) is 5.82 Å². The van der Waals surface area contributed by atoms with E-state index in [1.165, 1.54) is 12.1 Å². The van der Waals surface area contributed by atoms with Crippen molar-refractivity contribution in [1.29, 1.82) is 0 Å². The Morgan fingerprint density at radius 2 is 2.00 bits per heavy atom. The fraction of sp³-hybridized carbons (Fsp3) is 0. The van der Waals surface area contributed by atoms with Gasteiger partial charge in [-0.05, 0) is 36.4 Å². The molecule has 2 aromatic rings. The average Bonchev–Trinajstić information content (AvgIpc) is 2.28. The molecule has 0 saturated heterocycles. The van der Waals surface area contributed by atoms with Gasteiger partial charge in [-0.15, -0.1) is 0 Å². The summed E-state index contributed by atoms with van der Waals surface area (Å²) in [6, 6.07) is 10.8. The van der Waals surface area contributed by atoms with Gasteiger partial charge in [0.05, 0.1) is 10.6 Å². The number of anilines is 1. The fourth-order valence-corrected chi connectivity index (χ4v) is 2.09. The number of hydrogen-bond acceptors (Lipinski definition) is 1. The van der Waals surface area contributed by atoms with Crippen molar-refractivity contribution in [1.82, 2.24) is 0 Å². The molecule has 0 aromatic heterocycles. The second kappa shape index (κ2) is 5.50. The Labute approximate surface area is 117 Å². The highest BCUT2D eigenvalue weighted by Crippen LogP contribution is 2.20. The molecule has 1 N–H and O–H groups in total. The van der Waals surface area contributed by atoms with E-state index < -0.39 is 5.82 Å². The molecule has 0 heterocycles. The van der Waals surface area contributed by atoms with Gasteiger partial charge in [-0.1, -0.05) is 33.6 Å². The number of nitrogens with one attached hydrogen (secondary N) is 1. The minimum Gasteiger partial charge on any atom is -0.322 e. The summed E-state index contributed by atoms with van der Waals surface area (Å²) >= 11 is 9.12. The molecule has 0 aliphatic heterocycles. The van der Waals surface area contributed by atoms with E-state index in [-0.39, 0.29) is 16.5 Å². The Morgan fingerprint density at radius 1 is 1.22 bits per heavy atom. The standard InChI is InChI=1S/C13H8BrClFNO/c14-8-2-1-3-10(6-8)17-13(18)11-5-4-9(16)7-12(11)15/h1-7H,(H,17,18). The molecule has 0 bridgehead atoms. The molecule has 1 amide bonds. The molecule has 0 unspecified atom stereocenters. The first-order valence-corrected chi connectivity index (χ1v) is 6.25. The second-order valence-electron chi connectivity index (χ2n) is 3.59. The number of benzene rings is 2. The first-order chi connectivity index (χ1) is 8.56. The Kier molecular flexibility index (Phi) is 3.99. The maximum atomic E-state index is 12.9. The maximum Gasteiger partial charge on any atom is 0.257 e. The number of amides is 1. The Bertz CT molecular complexity index is 603. The van der Waals surface area contributed by atoms with Gasteiger partial charge >= 0.3 is 0 Å². The summed E-state index contributed by atoms with van der Waals surface area (Å²) < 4.78 is 13.7. The second-order valence-corrected chi connectivity index (χ2v) is 4.91. The SMILES string of the molecule is O=C(Nc1cccc(Br)c1)c1ccc(F)cc1Cl.